The molecule has 0 aliphatic heterocycles. The molecule has 0 radical (unpaired) electrons. The summed E-state index contributed by atoms with van der Waals surface area (Å²) in [6.45, 7) is 6.63. The standard InChI is InChI=1S/C21H36O5S/c1-13(26-27(23,24)25)17-6-7-18-16-5-4-14-12-15(22)8-10-20(14,2)19(16)9-11-21(17,18)3/h13-19,22H,4-12H2,1-3H3,(H,23,24,25)/t13-,14-,15-,16-,17+,18-,19-,20-,21+/m0/s1. The van der Waals surface area contributed by atoms with Gasteiger partial charge in [0.05, 0.1) is 12.2 Å². The molecular weight excluding hydrogens is 364 g/mol. The Hall–Kier alpha value is -0.170. The first-order valence-corrected chi connectivity index (χ1v) is 12.2. The molecular formula is C21H36O5S. The Labute approximate surface area is 164 Å². The van der Waals surface area contributed by atoms with Crippen LogP contribution in [0.5, 0.6) is 0 Å². The van der Waals surface area contributed by atoms with Crippen molar-refractivity contribution in [3.8, 4) is 0 Å². The molecule has 0 spiro atoms. The quantitative estimate of drug-likeness (QED) is 0.693. The summed E-state index contributed by atoms with van der Waals surface area (Å²) in [4.78, 5) is 0. The first kappa shape index (κ1) is 20.1. The number of aliphatic hydroxyl groups excluding tert-OH is 1. The van der Waals surface area contributed by atoms with Crippen molar-refractivity contribution in [1.82, 2.24) is 0 Å². The van der Waals surface area contributed by atoms with Gasteiger partial charge in [0.25, 0.3) is 0 Å². The van der Waals surface area contributed by atoms with Gasteiger partial charge in [-0.15, -0.1) is 0 Å². The molecule has 0 bridgehead atoms. The minimum Gasteiger partial charge on any atom is -0.393 e. The molecule has 6 heteroatoms. The number of hydrogen-bond acceptors (Lipinski definition) is 4. The van der Waals surface area contributed by atoms with Crippen LogP contribution in [-0.2, 0) is 14.6 Å². The summed E-state index contributed by atoms with van der Waals surface area (Å²) in [6, 6.07) is 0. The van der Waals surface area contributed by atoms with Crippen LogP contribution in [0.3, 0.4) is 0 Å². The zero-order valence-electron chi connectivity index (χ0n) is 16.9. The second-order valence-electron chi connectivity index (χ2n) is 10.5. The second-order valence-corrected chi connectivity index (χ2v) is 11.6. The van der Waals surface area contributed by atoms with Crippen molar-refractivity contribution in [2.24, 2.45) is 40.4 Å². The zero-order valence-corrected chi connectivity index (χ0v) is 17.7. The molecule has 0 unspecified atom stereocenters. The summed E-state index contributed by atoms with van der Waals surface area (Å²) in [5, 5.41) is 10.2. The minimum absolute atomic E-state index is 0.0999. The van der Waals surface area contributed by atoms with Gasteiger partial charge >= 0.3 is 10.4 Å². The van der Waals surface area contributed by atoms with Crippen LogP contribution in [0, 0.1) is 40.4 Å². The third-order valence-corrected chi connectivity index (χ3v) is 10.1. The van der Waals surface area contributed by atoms with Crippen LogP contribution in [0.15, 0.2) is 0 Å². The molecule has 0 amide bonds. The second kappa shape index (κ2) is 6.68. The van der Waals surface area contributed by atoms with Crippen LogP contribution in [-0.4, -0.2) is 30.3 Å². The average Bonchev–Trinajstić information content (AvgIpc) is 2.91. The fourth-order valence-electron chi connectivity index (χ4n) is 8.31. The summed E-state index contributed by atoms with van der Waals surface area (Å²) in [7, 11) is -4.40. The van der Waals surface area contributed by atoms with Crippen LogP contribution in [0.25, 0.3) is 0 Å². The zero-order chi connectivity index (χ0) is 19.6. The highest BCUT2D eigenvalue weighted by Gasteiger charge is 2.61. The first-order valence-electron chi connectivity index (χ1n) is 10.9. The normalized spacial score (nSPS) is 51.1. The van der Waals surface area contributed by atoms with Gasteiger partial charge in [-0.2, -0.15) is 8.42 Å². The van der Waals surface area contributed by atoms with E-state index in [1.54, 1.807) is 6.92 Å². The van der Waals surface area contributed by atoms with Crippen molar-refractivity contribution in [3.63, 3.8) is 0 Å². The van der Waals surface area contributed by atoms with E-state index in [-0.39, 0.29) is 17.4 Å². The minimum atomic E-state index is -4.40. The summed E-state index contributed by atoms with van der Waals surface area (Å²) < 4.78 is 36.6. The van der Waals surface area contributed by atoms with Crippen LogP contribution < -0.4 is 0 Å². The van der Waals surface area contributed by atoms with Crippen LogP contribution in [0.2, 0.25) is 0 Å². The molecule has 27 heavy (non-hydrogen) atoms. The summed E-state index contributed by atoms with van der Waals surface area (Å²) in [6.07, 6.45) is 9.42. The maximum atomic E-state index is 11.2. The van der Waals surface area contributed by atoms with E-state index < -0.39 is 16.5 Å². The average molecular weight is 401 g/mol. The fraction of sp³-hybridized carbons (Fsp3) is 1.00. The topological polar surface area (TPSA) is 83.8 Å². The molecule has 4 rings (SSSR count). The highest BCUT2D eigenvalue weighted by molar-refractivity contribution is 7.80. The molecule has 156 valence electrons. The Morgan fingerprint density at radius 2 is 1.63 bits per heavy atom. The van der Waals surface area contributed by atoms with Gasteiger partial charge < -0.3 is 5.11 Å². The third kappa shape index (κ3) is 3.28. The summed E-state index contributed by atoms with van der Waals surface area (Å²) >= 11 is 0. The number of aliphatic hydroxyl groups is 1. The van der Waals surface area contributed by atoms with Crippen molar-refractivity contribution in [3.05, 3.63) is 0 Å². The van der Waals surface area contributed by atoms with E-state index in [1.807, 2.05) is 0 Å². The third-order valence-electron chi connectivity index (χ3n) is 9.55. The number of rotatable bonds is 3. The fourth-order valence-corrected chi connectivity index (χ4v) is 8.82. The van der Waals surface area contributed by atoms with Gasteiger partial charge in [0.15, 0.2) is 0 Å². The molecule has 9 atom stereocenters. The van der Waals surface area contributed by atoms with Gasteiger partial charge in [-0.05, 0) is 105 Å². The highest BCUT2D eigenvalue weighted by Crippen LogP contribution is 2.67. The van der Waals surface area contributed by atoms with E-state index in [0.29, 0.717) is 23.2 Å². The number of hydrogen-bond donors (Lipinski definition) is 2. The van der Waals surface area contributed by atoms with Crippen LogP contribution in [0.4, 0.5) is 0 Å². The van der Waals surface area contributed by atoms with Crippen molar-refractivity contribution in [2.75, 3.05) is 0 Å². The molecule has 0 aromatic carbocycles. The molecule has 0 aromatic heterocycles. The molecule has 5 nitrogen and oxygen atoms in total. The molecule has 0 aromatic rings. The van der Waals surface area contributed by atoms with E-state index in [0.717, 1.165) is 44.4 Å². The molecule has 0 heterocycles. The molecule has 4 fully saturated rings. The predicted molar refractivity (Wildman–Crippen MR) is 103 cm³/mol. The molecule has 4 saturated carbocycles. The van der Waals surface area contributed by atoms with E-state index in [2.05, 4.69) is 13.8 Å². The van der Waals surface area contributed by atoms with Crippen molar-refractivity contribution < 1.29 is 22.3 Å². The van der Waals surface area contributed by atoms with E-state index >= 15 is 0 Å². The van der Waals surface area contributed by atoms with Crippen molar-refractivity contribution >= 4 is 10.4 Å². The Morgan fingerprint density at radius 3 is 2.33 bits per heavy atom. The van der Waals surface area contributed by atoms with Gasteiger partial charge in [-0.1, -0.05) is 13.8 Å². The maximum absolute atomic E-state index is 11.2. The molecule has 2 N–H and O–H groups in total. The molecule has 4 aliphatic rings. The van der Waals surface area contributed by atoms with Crippen molar-refractivity contribution in [2.45, 2.75) is 90.8 Å². The van der Waals surface area contributed by atoms with Gasteiger partial charge in [0, 0.05) is 0 Å². The Morgan fingerprint density at radius 1 is 0.963 bits per heavy atom. The highest BCUT2D eigenvalue weighted by atomic mass is 32.3. The Bertz CT molecular complexity index is 678. The molecule has 0 saturated heterocycles. The summed E-state index contributed by atoms with van der Waals surface area (Å²) in [5.41, 5.74) is 0.459. The van der Waals surface area contributed by atoms with E-state index in [4.69, 9.17) is 8.74 Å². The lowest BCUT2D eigenvalue weighted by atomic mass is 9.44. The lowest BCUT2D eigenvalue weighted by Crippen LogP contribution is -2.54. The molecule has 4 aliphatic carbocycles. The van der Waals surface area contributed by atoms with Crippen molar-refractivity contribution in [1.29, 1.82) is 0 Å². The monoisotopic (exact) mass is 400 g/mol. The number of fused-ring (bicyclic) bond motifs is 5. The first-order chi connectivity index (χ1) is 12.5. The SMILES string of the molecule is C[C@H](OS(=O)(=O)O)[C@H]1CC[C@H]2[C@@H]3CC[C@H]4C[C@@H](O)CC[C@]4(C)[C@H]3CC[C@]12C. The largest absolute Gasteiger partial charge is 0.397 e. The smallest absolute Gasteiger partial charge is 0.393 e. The lowest BCUT2D eigenvalue weighted by Gasteiger charge is -2.61. The van der Waals surface area contributed by atoms with Gasteiger partial charge in [-0.3, -0.25) is 4.55 Å². The van der Waals surface area contributed by atoms with Crippen LogP contribution >= 0.6 is 0 Å². The summed E-state index contributed by atoms with van der Waals surface area (Å²) in [5.74, 6) is 2.91. The Balaban J connectivity index is 1.55. The van der Waals surface area contributed by atoms with Gasteiger partial charge in [-0.25, -0.2) is 4.18 Å². The maximum Gasteiger partial charge on any atom is 0.397 e. The predicted octanol–water partition coefficient (Wildman–Crippen LogP) is 4.21. The van der Waals surface area contributed by atoms with E-state index in [9.17, 15) is 13.5 Å². The van der Waals surface area contributed by atoms with E-state index in [1.165, 1.54) is 19.3 Å². The Kier molecular flexibility index (Phi) is 4.98. The van der Waals surface area contributed by atoms with Crippen LogP contribution in [0.1, 0.15) is 78.6 Å². The lowest BCUT2D eigenvalue weighted by molar-refractivity contribution is -0.131. The van der Waals surface area contributed by atoms with Gasteiger partial charge in [0.1, 0.15) is 0 Å². The van der Waals surface area contributed by atoms with Gasteiger partial charge in [0.2, 0.25) is 0 Å².